The lowest BCUT2D eigenvalue weighted by atomic mass is 10.2. The first-order chi connectivity index (χ1) is 10.1. The van der Waals surface area contributed by atoms with Crippen molar-refractivity contribution in [2.24, 2.45) is 0 Å². The van der Waals surface area contributed by atoms with Crippen LogP contribution in [0.3, 0.4) is 0 Å². The smallest absolute Gasteiger partial charge is 0.303 e. The second-order valence-electron chi connectivity index (χ2n) is 4.90. The van der Waals surface area contributed by atoms with E-state index in [4.69, 9.17) is 9.84 Å². The Hall–Kier alpha value is -2.37. The van der Waals surface area contributed by atoms with Gasteiger partial charge in [0.25, 0.3) is 0 Å². The number of nitrogens with zero attached hydrogens (tertiary/aromatic N) is 3. The SMILES string of the molecule is Cc1cccc(OCCn2nnc(CCC(=O)O)c2C)c1. The fraction of sp³-hybridized carbons (Fsp3) is 0.400. The molecule has 0 amide bonds. The maximum absolute atomic E-state index is 10.6. The molecule has 0 radical (unpaired) electrons. The number of aromatic nitrogens is 3. The van der Waals surface area contributed by atoms with Crippen LogP contribution in [0.15, 0.2) is 24.3 Å². The van der Waals surface area contributed by atoms with Gasteiger partial charge in [-0.2, -0.15) is 0 Å². The van der Waals surface area contributed by atoms with Crippen molar-refractivity contribution in [1.29, 1.82) is 0 Å². The summed E-state index contributed by atoms with van der Waals surface area (Å²) in [6.45, 7) is 4.98. The Morgan fingerprint density at radius 1 is 1.38 bits per heavy atom. The van der Waals surface area contributed by atoms with E-state index < -0.39 is 5.97 Å². The number of rotatable bonds is 7. The summed E-state index contributed by atoms with van der Waals surface area (Å²) in [5.41, 5.74) is 2.78. The Labute approximate surface area is 123 Å². The summed E-state index contributed by atoms with van der Waals surface area (Å²) >= 11 is 0. The zero-order valence-corrected chi connectivity index (χ0v) is 12.2. The molecule has 1 aromatic carbocycles. The highest BCUT2D eigenvalue weighted by atomic mass is 16.5. The quantitative estimate of drug-likeness (QED) is 0.843. The fourth-order valence-electron chi connectivity index (χ4n) is 2.02. The first-order valence-corrected chi connectivity index (χ1v) is 6.86. The van der Waals surface area contributed by atoms with E-state index in [0.717, 1.165) is 22.7 Å². The number of aryl methyl sites for hydroxylation is 2. The number of hydrogen-bond donors (Lipinski definition) is 1. The van der Waals surface area contributed by atoms with Crippen LogP contribution in [0.5, 0.6) is 5.75 Å². The summed E-state index contributed by atoms with van der Waals surface area (Å²) in [5.74, 6) is 0.00518. The summed E-state index contributed by atoms with van der Waals surface area (Å²) in [4.78, 5) is 10.6. The van der Waals surface area contributed by atoms with Crippen molar-refractivity contribution in [3.8, 4) is 5.75 Å². The molecule has 0 saturated heterocycles. The fourth-order valence-corrected chi connectivity index (χ4v) is 2.02. The summed E-state index contributed by atoms with van der Waals surface area (Å²) in [6, 6.07) is 7.87. The van der Waals surface area contributed by atoms with Gasteiger partial charge in [0.2, 0.25) is 0 Å². The molecule has 21 heavy (non-hydrogen) atoms. The van der Waals surface area contributed by atoms with Crippen molar-refractivity contribution in [2.45, 2.75) is 33.2 Å². The summed E-state index contributed by atoms with van der Waals surface area (Å²) in [5, 5.41) is 16.7. The second-order valence-corrected chi connectivity index (χ2v) is 4.90. The van der Waals surface area contributed by atoms with Crippen LogP contribution in [0, 0.1) is 13.8 Å². The third kappa shape index (κ3) is 4.30. The van der Waals surface area contributed by atoms with E-state index >= 15 is 0 Å². The van der Waals surface area contributed by atoms with Crippen LogP contribution in [0.25, 0.3) is 0 Å². The van der Waals surface area contributed by atoms with Crippen LogP contribution in [0.4, 0.5) is 0 Å². The van der Waals surface area contributed by atoms with Crippen LogP contribution < -0.4 is 4.74 Å². The van der Waals surface area contributed by atoms with Gasteiger partial charge in [-0.1, -0.05) is 17.3 Å². The number of aliphatic carboxylic acids is 1. The van der Waals surface area contributed by atoms with Crippen molar-refractivity contribution < 1.29 is 14.6 Å². The molecule has 112 valence electrons. The third-order valence-corrected chi connectivity index (χ3v) is 3.22. The Morgan fingerprint density at radius 3 is 2.90 bits per heavy atom. The van der Waals surface area contributed by atoms with Crippen molar-refractivity contribution >= 4 is 5.97 Å². The molecule has 0 aliphatic heterocycles. The van der Waals surface area contributed by atoms with E-state index in [9.17, 15) is 4.79 Å². The Balaban J connectivity index is 1.87. The summed E-state index contributed by atoms with van der Waals surface area (Å²) in [7, 11) is 0. The topological polar surface area (TPSA) is 77.2 Å². The standard InChI is InChI=1S/C15H19N3O3/c1-11-4-3-5-13(10-11)21-9-8-18-12(2)14(16-17-18)6-7-15(19)20/h3-5,10H,6-9H2,1-2H3,(H,19,20). The monoisotopic (exact) mass is 289 g/mol. The molecular formula is C15H19N3O3. The molecular weight excluding hydrogens is 270 g/mol. The minimum atomic E-state index is -0.827. The van der Waals surface area contributed by atoms with Crippen molar-refractivity contribution in [1.82, 2.24) is 15.0 Å². The van der Waals surface area contributed by atoms with Gasteiger partial charge < -0.3 is 9.84 Å². The molecule has 1 aromatic heterocycles. The number of benzene rings is 1. The minimum absolute atomic E-state index is 0.0688. The lowest BCUT2D eigenvalue weighted by Gasteiger charge is -2.07. The molecule has 6 nitrogen and oxygen atoms in total. The number of carbonyl (C=O) groups is 1. The molecule has 0 bridgehead atoms. The zero-order valence-electron chi connectivity index (χ0n) is 12.2. The predicted octanol–water partition coefficient (Wildman–Crippen LogP) is 1.99. The van der Waals surface area contributed by atoms with Gasteiger partial charge in [0, 0.05) is 6.42 Å². The molecule has 0 saturated carbocycles. The maximum Gasteiger partial charge on any atom is 0.303 e. The molecule has 6 heteroatoms. The number of carboxylic acid groups (broad SMARTS) is 1. The van der Waals surface area contributed by atoms with E-state index in [2.05, 4.69) is 10.3 Å². The molecule has 0 aliphatic carbocycles. The van der Waals surface area contributed by atoms with E-state index in [1.165, 1.54) is 0 Å². The molecule has 2 rings (SSSR count). The lowest BCUT2D eigenvalue weighted by molar-refractivity contribution is -0.136. The Bertz CT molecular complexity index is 622. The molecule has 2 aromatic rings. The van der Waals surface area contributed by atoms with Crippen molar-refractivity contribution in [2.75, 3.05) is 6.61 Å². The van der Waals surface area contributed by atoms with E-state index in [1.807, 2.05) is 38.1 Å². The van der Waals surface area contributed by atoms with Gasteiger partial charge in [-0.25, -0.2) is 4.68 Å². The normalized spacial score (nSPS) is 10.6. The highest BCUT2D eigenvalue weighted by molar-refractivity contribution is 5.67. The lowest BCUT2D eigenvalue weighted by Crippen LogP contribution is -2.11. The van der Waals surface area contributed by atoms with Gasteiger partial charge in [0.1, 0.15) is 12.4 Å². The van der Waals surface area contributed by atoms with Crippen LogP contribution >= 0.6 is 0 Å². The number of hydrogen-bond acceptors (Lipinski definition) is 4. The molecule has 1 N–H and O–H groups in total. The maximum atomic E-state index is 10.6. The Morgan fingerprint density at radius 2 is 2.19 bits per heavy atom. The van der Waals surface area contributed by atoms with Gasteiger partial charge in [0.05, 0.1) is 24.4 Å². The summed E-state index contributed by atoms with van der Waals surface area (Å²) in [6.07, 6.45) is 0.471. The molecule has 0 atom stereocenters. The van der Waals surface area contributed by atoms with Crippen LogP contribution in [0.2, 0.25) is 0 Å². The number of carboxylic acids is 1. The second kappa shape index (κ2) is 6.88. The van der Waals surface area contributed by atoms with Crippen molar-refractivity contribution in [3.05, 3.63) is 41.2 Å². The largest absolute Gasteiger partial charge is 0.492 e. The highest BCUT2D eigenvalue weighted by Gasteiger charge is 2.10. The zero-order chi connectivity index (χ0) is 15.2. The van der Waals surface area contributed by atoms with Gasteiger partial charge in [0.15, 0.2) is 0 Å². The van der Waals surface area contributed by atoms with E-state index in [0.29, 0.717) is 19.6 Å². The Kier molecular flexibility index (Phi) is 4.92. The van der Waals surface area contributed by atoms with E-state index in [1.54, 1.807) is 4.68 Å². The summed E-state index contributed by atoms with van der Waals surface area (Å²) < 4.78 is 7.41. The third-order valence-electron chi connectivity index (χ3n) is 3.22. The molecule has 0 unspecified atom stereocenters. The first-order valence-electron chi connectivity index (χ1n) is 6.86. The van der Waals surface area contributed by atoms with Crippen LogP contribution in [-0.2, 0) is 17.8 Å². The minimum Gasteiger partial charge on any atom is -0.492 e. The average Bonchev–Trinajstić information content (AvgIpc) is 2.78. The molecule has 0 aliphatic rings. The average molecular weight is 289 g/mol. The molecule has 0 spiro atoms. The van der Waals surface area contributed by atoms with Crippen LogP contribution in [-0.4, -0.2) is 32.7 Å². The molecule has 1 heterocycles. The highest BCUT2D eigenvalue weighted by Crippen LogP contribution is 2.12. The van der Waals surface area contributed by atoms with Crippen LogP contribution in [0.1, 0.15) is 23.4 Å². The van der Waals surface area contributed by atoms with Gasteiger partial charge in [-0.15, -0.1) is 5.10 Å². The first kappa shape index (κ1) is 15.0. The van der Waals surface area contributed by atoms with Gasteiger partial charge >= 0.3 is 5.97 Å². The predicted molar refractivity (Wildman–Crippen MR) is 77.4 cm³/mol. The van der Waals surface area contributed by atoms with Gasteiger partial charge in [-0.05, 0) is 31.5 Å². The number of ether oxygens (including phenoxy) is 1. The molecule has 0 fully saturated rings. The van der Waals surface area contributed by atoms with E-state index in [-0.39, 0.29) is 6.42 Å². The van der Waals surface area contributed by atoms with Crippen molar-refractivity contribution in [3.63, 3.8) is 0 Å². The van der Waals surface area contributed by atoms with Gasteiger partial charge in [-0.3, -0.25) is 4.79 Å².